The molecule has 1 aromatic carbocycles. The molecule has 0 atom stereocenters. The standard InChI is InChI=1S/C12H10N4O4/c1-6(17)7-2-4-8(5-3-7)13-10(18)9-11(19)14-12(20)16-15-9/h2-5H,1H3,(H,13,18)(H2,14,16,19,20). The van der Waals surface area contributed by atoms with Crippen molar-refractivity contribution >= 4 is 17.4 Å². The van der Waals surface area contributed by atoms with E-state index in [1.165, 1.54) is 19.1 Å². The zero-order valence-corrected chi connectivity index (χ0v) is 10.4. The SMILES string of the molecule is CC(=O)c1ccc(NC(=O)c2n[nH]c(=O)[nH]c2=O)cc1. The van der Waals surface area contributed by atoms with Crippen molar-refractivity contribution in [3.63, 3.8) is 0 Å². The van der Waals surface area contributed by atoms with E-state index in [-0.39, 0.29) is 5.78 Å². The van der Waals surface area contributed by atoms with Crippen LogP contribution in [-0.4, -0.2) is 26.9 Å². The first-order valence-corrected chi connectivity index (χ1v) is 5.59. The first-order chi connectivity index (χ1) is 9.47. The number of hydrogen-bond donors (Lipinski definition) is 3. The van der Waals surface area contributed by atoms with E-state index in [9.17, 15) is 19.2 Å². The van der Waals surface area contributed by atoms with Crippen LogP contribution in [0.25, 0.3) is 0 Å². The van der Waals surface area contributed by atoms with Crippen molar-refractivity contribution in [3.05, 3.63) is 56.4 Å². The van der Waals surface area contributed by atoms with Crippen LogP contribution in [0.3, 0.4) is 0 Å². The van der Waals surface area contributed by atoms with Crippen LogP contribution >= 0.6 is 0 Å². The maximum atomic E-state index is 11.8. The van der Waals surface area contributed by atoms with Crippen LogP contribution in [0, 0.1) is 0 Å². The van der Waals surface area contributed by atoms with E-state index in [2.05, 4.69) is 10.4 Å². The van der Waals surface area contributed by atoms with Gasteiger partial charge < -0.3 is 5.32 Å². The molecule has 0 aliphatic carbocycles. The number of H-pyrrole nitrogens is 2. The molecule has 0 unspecified atom stereocenters. The molecule has 0 spiro atoms. The lowest BCUT2D eigenvalue weighted by Crippen LogP contribution is -2.32. The summed E-state index contributed by atoms with van der Waals surface area (Å²) in [7, 11) is 0. The predicted octanol–water partition coefficient (Wildman–Crippen LogP) is -0.0869. The Morgan fingerprint density at radius 3 is 2.35 bits per heavy atom. The third kappa shape index (κ3) is 2.86. The Morgan fingerprint density at radius 2 is 1.80 bits per heavy atom. The molecule has 2 aromatic rings. The zero-order chi connectivity index (χ0) is 14.7. The fourth-order valence-corrected chi connectivity index (χ4v) is 1.48. The Morgan fingerprint density at radius 1 is 1.15 bits per heavy atom. The molecule has 8 heteroatoms. The quantitative estimate of drug-likeness (QED) is 0.675. The molecule has 20 heavy (non-hydrogen) atoms. The van der Waals surface area contributed by atoms with Gasteiger partial charge in [-0.25, -0.2) is 9.89 Å². The molecule has 102 valence electrons. The normalized spacial score (nSPS) is 10.1. The average molecular weight is 274 g/mol. The minimum Gasteiger partial charge on any atom is -0.320 e. The topological polar surface area (TPSA) is 125 Å². The number of carbonyl (C=O) groups excluding carboxylic acids is 2. The maximum absolute atomic E-state index is 11.8. The van der Waals surface area contributed by atoms with Crippen molar-refractivity contribution in [3.8, 4) is 0 Å². The van der Waals surface area contributed by atoms with Gasteiger partial charge in [-0.15, -0.1) is 0 Å². The minimum absolute atomic E-state index is 0.0957. The lowest BCUT2D eigenvalue weighted by Gasteiger charge is -2.04. The van der Waals surface area contributed by atoms with Crippen LogP contribution < -0.4 is 16.6 Å². The summed E-state index contributed by atoms with van der Waals surface area (Å²) in [6.07, 6.45) is 0. The molecule has 0 fully saturated rings. The highest BCUT2D eigenvalue weighted by Gasteiger charge is 2.13. The Balaban J connectivity index is 2.21. The molecule has 2 rings (SSSR count). The number of hydrogen-bond acceptors (Lipinski definition) is 5. The number of ketones is 1. The maximum Gasteiger partial charge on any atom is 0.342 e. The number of aromatic nitrogens is 3. The molecular formula is C12H10N4O4. The Hall–Kier alpha value is -3.03. The van der Waals surface area contributed by atoms with Crippen LogP contribution in [0.5, 0.6) is 0 Å². The van der Waals surface area contributed by atoms with Crippen molar-refractivity contribution in [2.24, 2.45) is 0 Å². The molecule has 1 heterocycles. The molecule has 0 aliphatic heterocycles. The summed E-state index contributed by atoms with van der Waals surface area (Å²) in [5.41, 5.74) is -1.24. The molecule has 3 N–H and O–H groups in total. The number of amides is 1. The first-order valence-electron chi connectivity index (χ1n) is 5.59. The fraction of sp³-hybridized carbons (Fsp3) is 0.0833. The summed E-state index contributed by atoms with van der Waals surface area (Å²) in [5, 5.41) is 7.77. The molecule has 0 saturated carbocycles. The van der Waals surface area contributed by atoms with E-state index >= 15 is 0 Å². The van der Waals surface area contributed by atoms with Crippen LogP contribution in [0.1, 0.15) is 27.8 Å². The lowest BCUT2D eigenvalue weighted by molar-refractivity contribution is 0.101. The Labute approximate surface area is 111 Å². The van der Waals surface area contributed by atoms with Crippen LogP contribution in [0.2, 0.25) is 0 Å². The van der Waals surface area contributed by atoms with Gasteiger partial charge in [0.1, 0.15) is 0 Å². The molecule has 1 amide bonds. The van der Waals surface area contributed by atoms with E-state index in [4.69, 9.17) is 0 Å². The van der Waals surface area contributed by atoms with Crippen molar-refractivity contribution < 1.29 is 9.59 Å². The molecular weight excluding hydrogens is 264 g/mol. The largest absolute Gasteiger partial charge is 0.342 e. The van der Waals surface area contributed by atoms with Gasteiger partial charge in [0.05, 0.1) is 0 Å². The number of nitrogens with one attached hydrogen (secondary N) is 3. The average Bonchev–Trinajstić information content (AvgIpc) is 2.39. The van der Waals surface area contributed by atoms with Gasteiger partial charge in [0.25, 0.3) is 11.5 Å². The summed E-state index contributed by atoms with van der Waals surface area (Å²) in [5.74, 6) is -0.861. The van der Waals surface area contributed by atoms with Gasteiger partial charge in [-0.2, -0.15) is 5.10 Å². The molecule has 0 bridgehead atoms. The minimum atomic E-state index is -0.883. The summed E-state index contributed by atoms with van der Waals surface area (Å²) >= 11 is 0. The highest BCUT2D eigenvalue weighted by molar-refractivity contribution is 6.02. The van der Waals surface area contributed by atoms with Gasteiger partial charge in [0, 0.05) is 11.3 Å². The fourth-order valence-electron chi connectivity index (χ4n) is 1.48. The molecule has 1 aromatic heterocycles. The smallest absolute Gasteiger partial charge is 0.320 e. The van der Waals surface area contributed by atoms with Crippen LogP contribution in [0.15, 0.2) is 33.9 Å². The highest BCUT2D eigenvalue weighted by Crippen LogP contribution is 2.10. The number of anilines is 1. The van der Waals surface area contributed by atoms with Crippen molar-refractivity contribution in [2.75, 3.05) is 5.32 Å². The molecule has 8 nitrogen and oxygen atoms in total. The van der Waals surface area contributed by atoms with Gasteiger partial charge in [-0.3, -0.25) is 19.4 Å². The van der Waals surface area contributed by atoms with E-state index in [1.807, 2.05) is 10.1 Å². The van der Waals surface area contributed by atoms with E-state index < -0.39 is 22.9 Å². The number of rotatable bonds is 3. The summed E-state index contributed by atoms with van der Waals surface area (Å²) in [4.78, 5) is 46.9. The van der Waals surface area contributed by atoms with Crippen molar-refractivity contribution in [1.82, 2.24) is 15.2 Å². The summed E-state index contributed by atoms with van der Waals surface area (Å²) < 4.78 is 0. The monoisotopic (exact) mass is 274 g/mol. The van der Waals surface area contributed by atoms with Crippen LogP contribution in [0.4, 0.5) is 5.69 Å². The third-order valence-electron chi connectivity index (χ3n) is 2.48. The van der Waals surface area contributed by atoms with Crippen LogP contribution in [-0.2, 0) is 0 Å². The second-order valence-corrected chi connectivity index (χ2v) is 3.94. The zero-order valence-electron chi connectivity index (χ0n) is 10.4. The Bertz CT molecular complexity index is 773. The van der Waals surface area contributed by atoms with Gasteiger partial charge in [-0.1, -0.05) is 0 Å². The number of Topliss-reactive ketones (excluding diaryl/α,β-unsaturated/α-hetero) is 1. The van der Waals surface area contributed by atoms with Gasteiger partial charge in [0.2, 0.25) is 5.69 Å². The number of nitrogens with zero attached hydrogens (tertiary/aromatic N) is 1. The first kappa shape index (κ1) is 13.4. The van der Waals surface area contributed by atoms with E-state index in [1.54, 1.807) is 12.1 Å². The Kier molecular flexibility index (Phi) is 3.56. The van der Waals surface area contributed by atoms with Crippen molar-refractivity contribution in [2.45, 2.75) is 6.92 Å². The number of carbonyl (C=O) groups is 2. The number of aromatic amines is 2. The summed E-state index contributed by atoms with van der Waals surface area (Å²) in [6, 6.07) is 6.13. The second-order valence-electron chi connectivity index (χ2n) is 3.94. The third-order valence-corrected chi connectivity index (χ3v) is 2.48. The van der Waals surface area contributed by atoms with Gasteiger partial charge >= 0.3 is 5.69 Å². The number of benzene rings is 1. The summed E-state index contributed by atoms with van der Waals surface area (Å²) in [6.45, 7) is 1.43. The molecule has 0 radical (unpaired) electrons. The van der Waals surface area contributed by atoms with Gasteiger partial charge in [-0.05, 0) is 31.2 Å². The molecule has 0 aliphatic rings. The lowest BCUT2D eigenvalue weighted by atomic mass is 10.1. The highest BCUT2D eigenvalue weighted by atomic mass is 16.2. The van der Waals surface area contributed by atoms with E-state index in [0.717, 1.165) is 0 Å². The van der Waals surface area contributed by atoms with Crippen molar-refractivity contribution in [1.29, 1.82) is 0 Å². The predicted molar refractivity (Wildman–Crippen MR) is 69.9 cm³/mol. The second kappa shape index (κ2) is 5.31. The van der Waals surface area contributed by atoms with Gasteiger partial charge in [0.15, 0.2) is 5.78 Å². The van der Waals surface area contributed by atoms with E-state index in [0.29, 0.717) is 11.3 Å². The molecule has 0 saturated heterocycles.